The van der Waals surface area contributed by atoms with E-state index in [0.29, 0.717) is 6.54 Å². The molecule has 0 aromatic heterocycles. The summed E-state index contributed by atoms with van der Waals surface area (Å²) in [5.41, 5.74) is 2.42. The molecule has 1 amide bonds. The van der Waals surface area contributed by atoms with Gasteiger partial charge in [0.05, 0.1) is 12.0 Å². The fraction of sp³-hybridized carbons (Fsp3) is 0.611. The van der Waals surface area contributed by atoms with Gasteiger partial charge in [-0.15, -0.1) is 0 Å². The van der Waals surface area contributed by atoms with Crippen molar-refractivity contribution in [3.63, 3.8) is 0 Å². The van der Waals surface area contributed by atoms with E-state index >= 15 is 0 Å². The summed E-state index contributed by atoms with van der Waals surface area (Å²) >= 11 is 0. The summed E-state index contributed by atoms with van der Waals surface area (Å²) in [6.45, 7) is 2.76. The number of benzene rings is 1. The summed E-state index contributed by atoms with van der Waals surface area (Å²) in [5, 5.41) is 12.9. The van der Waals surface area contributed by atoms with E-state index < -0.39 is 6.10 Å². The molecule has 1 aromatic rings. The molecule has 1 heterocycles. The molecule has 2 fully saturated rings. The van der Waals surface area contributed by atoms with E-state index in [1.165, 1.54) is 30.5 Å². The lowest BCUT2D eigenvalue weighted by molar-refractivity contribution is -0.127. The van der Waals surface area contributed by atoms with Gasteiger partial charge in [0.15, 0.2) is 0 Å². The second-order valence-electron chi connectivity index (χ2n) is 6.50. The highest BCUT2D eigenvalue weighted by Gasteiger charge is 2.31. The first-order chi connectivity index (χ1) is 10.8. The molecule has 2 aliphatic rings. The minimum absolute atomic E-state index is 0.00144. The van der Waals surface area contributed by atoms with Crippen molar-refractivity contribution < 1.29 is 9.90 Å². The van der Waals surface area contributed by atoms with E-state index in [1.54, 1.807) is 0 Å². The number of aliphatic hydroxyl groups excluding tert-OH is 1. The Morgan fingerprint density at radius 3 is 2.64 bits per heavy atom. The number of hydrogen-bond donors (Lipinski definition) is 2. The summed E-state index contributed by atoms with van der Waals surface area (Å²) in [6.07, 6.45) is 5.85. The standard InChI is InChI=1S/C18H26N2O2/c21-17-10-6-8-15(17)18(22)19-13-14-7-2-3-9-16(14)20-11-4-1-5-12-20/h2-3,7,9,15,17,21H,1,4-6,8,10-13H2,(H,19,22). The molecule has 1 aromatic carbocycles. The molecule has 4 nitrogen and oxygen atoms in total. The molecule has 1 saturated heterocycles. The normalized spacial score (nSPS) is 25.2. The molecule has 0 radical (unpaired) electrons. The Balaban J connectivity index is 1.63. The Kier molecular flexibility index (Phi) is 4.98. The van der Waals surface area contributed by atoms with Crippen LogP contribution in [0.5, 0.6) is 0 Å². The van der Waals surface area contributed by atoms with Gasteiger partial charge in [-0.3, -0.25) is 4.79 Å². The highest BCUT2D eigenvalue weighted by molar-refractivity contribution is 5.79. The van der Waals surface area contributed by atoms with Crippen molar-refractivity contribution in [3.05, 3.63) is 29.8 Å². The van der Waals surface area contributed by atoms with Gasteiger partial charge in [0.25, 0.3) is 0 Å². The van der Waals surface area contributed by atoms with Crippen LogP contribution in [0.2, 0.25) is 0 Å². The van der Waals surface area contributed by atoms with E-state index in [0.717, 1.165) is 32.4 Å². The number of piperidine rings is 1. The van der Waals surface area contributed by atoms with Gasteiger partial charge in [-0.2, -0.15) is 0 Å². The number of hydrogen-bond acceptors (Lipinski definition) is 3. The molecule has 120 valence electrons. The number of carbonyl (C=O) groups excluding carboxylic acids is 1. The third-order valence-electron chi connectivity index (χ3n) is 4.96. The first-order valence-corrected chi connectivity index (χ1v) is 8.54. The number of anilines is 1. The molecule has 1 aliphatic carbocycles. The van der Waals surface area contributed by atoms with Crippen LogP contribution >= 0.6 is 0 Å². The molecule has 0 spiro atoms. The minimum atomic E-state index is -0.461. The maximum Gasteiger partial charge on any atom is 0.225 e. The zero-order chi connectivity index (χ0) is 15.4. The van der Waals surface area contributed by atoms with Crippen LogP contribution in [0.3, 0.4) is 0 Å². The first kappa shape index (κ1) is 15.3. The lowest BCUT2D eigenvalue weighted by Crippen LogP contribution is -2.35. The van der Waals surface area contributed by atoms with Crippen LogP contribution in [-0.2, 0) is 11.3 Å². The summed E-state index contributed by atoms with van der Waals surface area (Å²) < 4.78 is 0. The number of aliphatic hydroxyl groups is 1. The number of nitrogens with zero attached hydrogens (tertiary/aromatic N) is 1. The molecular formula is C18H26N2O2. The fourth-order valence-corrected chi connectivity index (χ4v) is 3.66. The topological polar surface area (TPSA) is 52.6 Å². The zero-order valence-electron chi connectivity index (χ0n) is 13.1. The number of carbonyl (C=O) groups is 1. The van der Waals surface area contributed by atoms with E-state index in [4.69, 9.17) is 0 Å². The van der Waals surface area contributed by atoms with Crippen LogP contribution in [-0.4, -0.2) is 30.2 Å². The van der Waals surface area contributed by atoms with Gasteiger partial charge in [-0.25, -0.2) is 0 Å². The number of para-hydroxylation sites is 1. The van der Waals surface area contributed by atoms with Crippen LogP contribution in [0.4, 0.5) is 5.69 Å². The van der Waals surface area contributed by atoms with Crippen molar-refractivity contribution in [2.75, 3.05) is 18.0 Å². The Morgan fingerprint density at radius 2 is 1.91 bits per heavy atom. The number of nitrogens with one attached hydrogen (secondary N) is 1. The highest BCUT2D eigenvalue weighted by Crippen LogP contribution is 2.27. The van der Waals surface area contributed by atoms with Crippen molar-refractivity contribution in [2.24, 2.45) is 5.92 Å². The van der Waals surface area contributed by atoms with Gasteiger partial charge in [0, 0.05) is 25.3 Å². The van der Waals surface area contributed by atoms with Crippen LogP contribution in [0.1, 0.15) is 44.1 Å². The smallest absolute Gasteiger partial charge is 0.225 e. The fourth-order valence-electron chi connectivity index (χ4n) is 3.66. The average Bonchev–Trinajstić information content (AvgIpc) is 3.00. The zero-order valence-corrected chi connectivity index (χ0v) is 13.1. The third kappa shape index (κ3) is 3.43. The average molecular weight is 302 g/mol. The molecule has 1 saturated carbocycles. The molecule has 3 rings (SSSR count). The van der Waals surface area contributed by atoms with Crippen molar-refractivity contribution >= 4 is 11.6 Å². The predicted octanol–water partition coefficient (Wildman–Crippen LogP) is 2.45. The molecule has 2 atom stereocenters. The lowest BCUT2D eigenvalue weighted by atomic mass is 10.0. The summed E-state index contributed by atoms with van der Waals surface area (Å²) in [7, 11) is 0. The predicted molar refractivity (Wildman–Crippen MR) is 87.7 cm³/mol. The first-order valence-electron chi connectivity index (χ1n) is 8.54. The molecule has 1 aliphatic heterocycles. The van der Waals surface area contributed by atoms with Crippen LogP contribution in [0, 0.1) is 5.92 Å². The van der Waals surface area contributed by atoms with Gasteiger partial charge in [-0.05, 0) is 50.2 Å². The molecule has 0 bridgehead atoms. The number of amides is 1. The monoisotopic (exact) mass is 302 g/mol. The summed E-state index contributed by atoms with van der Waals surface area (Å²) in [4.78, 5) is 14.7. The van der Waals surface area contributed by atoms with Crippen LogP contribution in [0.25, 0.3) is 0 Å². The van der Waals surface area contributed by atoms with Crippen molar-refractivity contribution in [1.82, 2.24) is 5.32 Å². The molecule has 4 heteroatoms. The van der Waals surface area contributed by atoms with E-state index in [-0.39, 0.29) is 11.8 Å². The molecular weight excluding hydrogens is 276 g/mol. The molecule has 22 heavy (non-hydrogen) atoms. The third-order valence-corrected chi connectivity index (χ3v) is 4.96. The van der Waals surface area contributed by atoms with Gasteiger partial charge in [0.1, 0.15) is 0 Å². The van der Waals surface area contributed by atoms with Crippen LogP contribution in [0.15, 0.2) is 24.3 Å². The van der Waals surface area contributed by atoms with E-state index in [9.17, 15) is 9.90 Å². The highest BCUT2D eigenvalue weighted by atomic mass is 16.3. The SMILES string of the molecule is O=C(NCc1ccccc1N1CCCCC1)C1CCCC1O. The maximum absolute atomic E-state index is 12.2. The molecule has 2 N–H and O–H groups in total. The van der Waals surface area contributed by atoms with Crippen LogP contribution < -0.4 is 10.2 Å². The lowest BCUT2D eigenvalue weighted by Gasteiger charge is -2.30. The Hall–Kier alpha value is -1.55. The van der Waals surface area contributed by atoms with Gasteiger partial charge in [-0.1, -0.05) is 18.2 Å². The largest absolute Gasteiger partial charge is 0.392 e. The Morgan fingerprint density at radius 1 is 1.14 bits per heavy atom. The summed E-state index contributed by atoms with van der Waals surface area (Å²) in [5.74, 6) is -0.222. The Bertz CT molecular complexity index is 512. The van der Waals surface area contributed by atoms with Crippen molar-refractivity contribution in [3.8, 4) is 0 Å². The summed E-state index contributed by atoms with van der Waals surface area (Å²) in [6, 6.07) is 8.34. The second kappa shape index (κ2) is 7.14. The van der Waals surface area contributed by atoms with Gasteiger partial charge < -0.3 is 15.3 Å². The van der Waals surface area contributed by atoms with Gasteiger partial charge >= 0.3 is 0 Å². The van der Waals surface area contributed by atoms with Gasteiger partial charge in [0.2, 0.25) is 5.91 Å². The van der Waals surface area contributed by atoms with Crippen molar-refractivity contribution in [2.45, 2.75) is 51.2 Å². The Labute approximate surface area is 132 Å². The minimum Gasteiger partial charge on any atom is -0.392 e. The van der Waals surface area contributed by atoms with E-state index in [2.05, 4.69) is 28.4 Å². The second-order valence-corrected chi connectivity index (χ2v) is 6.50. The van der Waals surface area contributed by atoms with E-state index in [1.807, 2.05) is 6.07 Å². The van der Waals surface area contributed by atoms with Crippen molar-refractivity contribution in [1.29, 1.82) is 0 Å². The number of rotatable bonds is 4. The quantitative estimate of drug-likeness (QED) is 0.898. The molecule has 2 unspecified atom stereocenters. The maximum atomic E-state index is 12.2.